The van der Waals surface area contributed by atoms with Gasteiger partial charge in [0.1, 0.15) is 5.69 Å². The number of hydrogen-bond donors (Lipinski definition) is 3. The van der Waals surface area contributed by atoms with Crippen molar-refractivity contribution in [2.45, 2.75) is 37.8 Å². The number of primary amides is 1. The molecule has 3 aliphatic rings. The second-order valence-electron chi connectivity index (χ2n) is 11.6. The van der Waals surface area contributed by atoms with Crippen molar-refractivity contribution in [2.24, 2.45) is 5.73 Å². The summed E-state index contributed by atoms with van der Waals surface area (Å²) in [7, 11) is 2.20. The van der Waals surface area contributed by atoms with Gasteiger partial charge >= 0.3 is 0 Å². The number of nitrogens with one attached hydrogen (secondary N) is 2. The molecule has 5 heterocycles. The maximum Gasteiger partial charge on any atom is 0.271 e. The number of piperazine rings is 1. The van der Waals surface area contributed by atoms with E-state index in [1.807, 2.05) is 12.1 Å². The van der Waals surface area contributed by atoms with E-state index in [0.717, 1.165) is 44.7 Å². The van der Waals surface area contributed by atoms with E-state index in [1.165, 1.54) is 31.6 Å². The molecule has 4 N–H and O–H groups in total. The quantitative estimate of drug-likeness (QED) is 0.349. The largest absolute Gasteiger partial charge is 0.381 e. The fourth-order valence-corrected chi connectivity index (χ4v) is 6.27. The molecule has 0 atom stereocenters. The van der Waals surface area contributed by atoms with Gasteiger partial charge in [-0.2, -0.15) is 0 Å². The number of carbonyl (C=O) groups excluding carboxylic acids is 1. The highest BCUT2D eigenvalue weighted by atomic mass is 35.5. The number of aromatic nitrogens is 3. The third-order valence-electron chi connectivity index (χ3n) is 8.67. The van der Waals surface area contributed by atoms with Crippen LogP contribution >= 0.6 is 11.6 Å². The predicted octanol–water partition coefficient (Wildman–Crippen LogP) is 3.84. The molecular weight excluding hydrogens is 566 g/mol. The number of amides is 1. The molecule has 2 aromatic heterocycles. The molecule has 11 nitrogen and oxygen atoms in total. The first kappa shape index (κ1) is 29.6. The number of likely N-dealkylation sites (N-methyl/N-ethyl adjacent to an activating group) is 1. The monoisotopic (exact) mass is 605 g/mol. The van der Waals surface area contributed by atoms with Gasteiger partial charge in [0.25, 0.3) is 5.91 Å². The Bertz CT molecular complexity index is 1400. The molecule has 6 rings (SSSR count). The van der Waals surface area contributed by atoms with Crippen LogP contribution in [0.1, 0.15) is 36.2 Å². The predicted molar refractivity (Wildman–Crippen MR) is 170 cm³/mol. The molecular formula is C31H40ClN9O2. The molecule has 1 aromatic carbocycles. The first-order chi connectivity index (χ1) is 20.9. The van der Waals surface area contributed by atoms with Crippen LogP contribution in [0.15, 0.2) is 42.6 Å². The third kappa shape index (κ3) is 7.18. The van der Waals surface area contributed by atoms with Crippen molar-refractivity contribution in [3.05, 3.63) is 53.3 Å². The molecule has 1 amide bonds. The van der Waals surface area contributed by atoms with E-state index in [1.54, 1.807) is 18.3 Å². The number of rotatable bonds is 8. The van der Waals surface area contributed by atoms with Gasteiger partial charge in [0, 0.05) is 87.2 Å². The minimum absolute atomic E-state index is 0.0318. The van der Waals surface area contributed by atoms with Crippen molar-refractivity contribution < 1.29 is 9.53 Å². The number of anilines is 4. The zero-order chi connectivity index (χ0) is 29.8. The molecule has 0 unspecified atom stereocenters. The van der Waals surface area contributed by atoms with Crippen molar-refractivity contribution in [3.63, 3.8) is 0 Å². The number of benzene rings is 1. The summed E-state index contributed by atoms with van der Waals surface area (Å²) in [6.07, 6.45) is 5.62. The standard InChI is InChI=1S/C31H40ClN9O2/c1-39-14-16-41(17-15-39)25-7-12-40(13-8-25)24-4-2-22(3-5-24)35-31-28(29(33)42)37-27(26-20-21(32)6-11-34-26)30(38-31)36-23-9-18-43-19-10-23/h2-6,11,20,23,25H,7-10,12-19H2,1H3,(H2,33,42)(H2,35,36,38). The highest BCUT2D eigenvalue weighted by molar-refractivity contribution is 6.30. The average Bonchev–Trinajstić information content (AvgIpc) is 3.02. The van der Waals surface area contributed by atoms with Gasteiger partial charge in [-0.15, -0.1) is 0 Å². The molecule has 3 aliphatic heterocycles. The van der Waals surface area contributed by atoms with Crippen LogP contribution in [0.25, 0.3) is 11.4 Å². The van der Waals surface area contributed by atoms with Gasteiger partial charge in [0.15, 0.2) is 17.3 Å². The highest BCUT2D eigenvalue weighted by Gasteiger charge is 2.27. The SMILES string of the molecule is CN1CCN(C2CCN(c3ccc(Nc4nc(NC5CCOCC5)c(-c5cc(Cl)ccn5)nc4C(N)=O)cc3)CC2)CC1. The second-order valence-corrected chi connectivity index (χ2v) is 12.0. The number of halogens is 1. The molecule has 228 valence electrons. The van der Waals surface area contributed by atoms with Crippen molar-refractivity contribution in [3.8, 4) is 11.4 Å². The van der Waals surface area contributed by atoms with Crippen LogP contribution in [0.5, 0.6) is 0 Å². The lowest BCUT2D eigenvalue weighted by Gasteiger charge is -2.42. The first-order valence-electron chi connectivity index (χ1n) is 15.2. The normalized spacial score (nSPS) is 19.3. The van der Waals surface area contributed by atoms with Crippen molar-refractivity contribution in [1.82, 2.24) is 24.8 Å². The Morgan fingerprint density at radius 2 is 1.67 bits per heavy atom. The van der Waals surface area contributed by atoms with E-state index in [9.17, 15) is 4.79 Å². The number of hydrogen-bond acceptors (Lipinski definition) is 10. The van der Waals surface area contributed by atoms with Gasteiger partial charge in [-0.25, -0.2) is 9.97 Å². The maximum absolute atomic E-state index is 12.6. The van der Waals surface area contributed by atoms with E-state index in [2.05, 4.69) is 54.5 Å². The van der Waals surface area contributed by atoms with E-state index in [4.69, 9.17) is 27.1 Å². The Morgan fingerprint density at radius 1 is 0.953 bits per heavy atom. The second kappa shape index (κ2) is 13.4. The summed E-state index contributed by atoms with van der Waals surface area (Å²) in [4.78, 5) is 34.0. The Labute approximate surface area is 257 Å². The molecule has 0 aliphatic carbocycles. The summed E-state index contributed by atoms with van der Waals surface area (Å²) in [6, 6.07) is 12.4. The topological polar surface area (TPSA) is 125 Å². The van der Waals surface area contributed by atoms with Crippen LogP contribution in [0.4, 0.5) is 23.0 Å². The Balaban J connectivity index is 1.19. The molecule has 0 radical (unpaired) electrons. The summed E-state index contributed by atoms with van der Waals surface area (Å²) in [5, 5.41) is 7.30. The number of carbonyl (C=O) groups is 1. The van der Waals surface area contributed by atoms with Crippen molar-refractivity contribution in [1.29, 1.82) is 0 Å². The summed E-state index contributed by atoms with van der Waals surface area (Å²) < 4.78 is 5.52. The van der Waals surface area contributed by atoms with Gasteiger partial charge in [-0.1, -0.05) is 11.6 Å². The molecule has 3 fully saturated rings. The average molecular weight is 606 g/mol. The number of nitrogens with two attached hydrogens (primary N) is 1. The molecule has 3 saturated heterocycles. The number of nitrogens with zero attached hydrogens (tertiary/aromatic N) is 6. The lowest BCUT2D eigenvalue weighted by atomic mass is 10.0. The maximum atomic E-state index is 12.6. The van der Waals surface area contributed by atoms with Crippen LogP contribution in [-0.4, -0.2) is 102 Å². The minimum atomic E-state index is -0.685. The summed E-state index contributed by atoms with van der Waals surface area (Å²) >= 11 is 6.26. The highest BCUT2D eigenvalue weighted by Crippen LogP contribution is 2.31. The first-order valence-corrected chi connectivity index (χ1v) is 15.5. The van der Waals surface area contributed by atoms with E-state index in [-0.39, 0.29) is 17.6 Å². The van der Waals surface area contributed by atoms with Crippen LogP contribution < -0.4 is 21.3 Å². The van der Waals surface area contributed by atoms with Crippen LogP contribution in [0, 0.1) is 0 Å². The zero-order valence-corrected chi connectivity index (χ0v) is 25.4. The number of piperidine rings is 1. The van der Waals surface area contributed by atoms with Gasteiger partial charge in [-0.3, -0.25) is 14.7 Å². The molecule has 43 heavy (non-hydrogen) atoms. The van der Waals surface area contributed by atoms with Crippen LogP contribution in [0.3, 0.4) is 0 Å². The van der Waals surface area contributed by atoms with Crippen LogP contribution in [0.2, 0.25) is 5.02 Å². The fourth-order valence-electron chi connectivity index (χ4n) is 6.11. The van der Waals surface area contributed by atoms with E-state index < -0.39 is 5.91 Å². The van der Waals surface area contributed by atoms with E-state index in [0.29, 0.717) is 41.5 Å². The summed E-state index contributed by atoms with van der Waals surface area (Å²) in [6.45, 7) is 8.07. The van der Waals surface area contributed by atoms with Gasteiger partial charge in [0.05, 0.1) is 5.69 Å². The lowest BCUT2D eigenvalue weighted by molar-refractivity contribution is 0.0904. The fraction of sp³-hybridized carbons (Fsp3) is 0.484. The number of pyridine rings is 1. The molecule has 12 heteroatoms. The minimum Gasteiger partial charge on any atom is -0.381 e. The lowest BCUT2D eigenvalue weighted by Crippen LogP contribution is -2.52. The number of ether oxygens (including phenoxy) is 1. The third-order valence-corrected chi connectivity index (χ3v) is 8.90. The van der Waals surface area contributed by atoms with Gasteiger partial charge < -0.3 is 30.9 Å². The Morgan fingerprint density at radius 3 is 2.35 bits per heavy atom. The van der Waals surface area contributed by atoms with Crippen LogP contribution in [-0.2, 0) is 4.74 Å². The Kier molecular flexibility index (Phi) is 9.22. The molecule has 0 spiro atoms. The van der Waals surface area contributed by atoms with Crippen molar-refractivity contribution in [2.75, 3.05) is 75.1 Å². The molecule has 3 aromatic rings. The van der Waals surface area contributed by atoms with Gasteiger partial charge in [-0.05, 0) is 69.1 Å². The zero-order valence-electron chi connectivity index (χ0n) is 24.6. The molecule has 0 bridgehead atoms. The van der Waals surface area contributed by atoms with Crippen molar-refractivity contribution >= 4 is 40.5 Å². The smallest absolute Gasteiger partial charge is 0.271 e. The van der Waals surface area contributed by atoms with Gasteiger partial charge in [0.2, 0.25) is 0 Å². The summed E-state index contributed by atoms with van der Waals surface area (Å²) in [5.41, 5.74) is 8.73. The Hall–Kier alpha value is -3.51. The molecule has 0 saturated carbocycles. The van der Waals surface area contributed by atoms with E-state index >= 15 is 0 Å². The summed E-state index contributed by atoms with van der Waals surface area (Å²) in [5.74, 6) is 0.110.